The van der Waals surface area contributed by atoms with Crippen LogP contribution in [0.15, 0.2) is 152 Å². The van der Waals surface area contributed by atoms with Gasteiger partial charge >= 0.3 is 0 Å². The highest BCUT2D eigenvalue weighted by molar-refractivity contribution is 6.08. The Kier molecular flexibility index (Phi) is 7.98. The van der Waals surface area contributed by atoms with Gasteiger partial charge in [-0.05, 0) is 103 Å². The molecule has 0 fully saturated rings. The third kappa shape index (κ3) is 5.90. The SMILES string of the molecule is Cc1ccccc1C(NC(N)c1cccc(-c2cccc(CN)c2)c1)c1cccc(-c2ccc3c(ccc4ccccc43)c2)c1. The lowest BCUT2D eigenvalue weighted by Crippen LogP contribution is -2.33. The minimum atomic E-state index is -0.384. The summed E-state index contributed by atoms with van der Waals surface area (Å²) >= 11 is 0. The van der Waals surface area contributed by atoms with Crippen LogP contribution in [0.4, 0.5) is 0 Å². The molecule has 3 heteroatoms. The minimum absolute atomic E-state index is 0.102. The lowest BCUT2D eigenvalue weighted by atomic mass is 9.91. The molecule has 0 aliphatic rings. The topological polar surface area (TPSA) is 64.1 Å². The largest absolute Gasteiger partial charge is 0.326 e. The highest BCUT2D eigenvalue weighted by Gasteiger charge is 2.20. The van der Waals surface area contributed by atoms with Gasteiger partial charge in [-0.2, -0.15) is 0 Å². The van der Waals surface area contributed by atoms with Gasteiger partial charge in [0, 0.05) is 6.54 Å². The van der Waals surface area contributed by atoms with Gasteiger partial charge in [-0.15, -0.1) is 0 Å². The first-order chi connectivity index (χ1) is 22.1. The Morgan fingerprint density at radius 3 is 1.96 bits per heavy atom. The van der Waals surface area contributed by atoms with E-state index in [9.17, 15) is 0 Å². The van der Waals surface area contributed by atoms with Crippen molar-refractivity contribution in [2.24, 2.45) is 11.5 Å². The Balaban J connectivity index is 1.24. The first kappa shape index (κ1) is 28.7. The lowest BCUT2D eigenvalue weighted by Gasteiger charge is -2.26. The lowest BCUT2D eigenvalue weighted by molar-refractivity contribution is 0.498. The number of hydrogen-bond acceptors (Lipinski definition) is 3. The highest BCUT2D eigenvalue weighted by atomic mass is 15.1. The molecular formula is C42H37N3. The van der Waals surface area contributed by atoms with Crippen LogP contribution in [-0.4, -0.2) is 0 Å². The zero-order chi connectivity index (χ0) is 30.8. The molecule has 0 saturated carbocycles. The fourth-order valence-electron chi connectivity index (χ4n) is 6.43. The van der Waals surface area contributed by atoms with Gasteiger partial charge in [-0.25, -0.2) is 0 Å². The molecule has 5 N–H and O–H groups in total. The molecule has 0 spiro atoms. The van der Waals surface area contributed by atoms with Crippen molar-refractivity contribution in [2.45, 2.75) is 25.7 Å². The van der Waals surface area contributed by atoms with Crippen LogP contribution in [0, 0.1) is 6.92 Å². The van der Waals surface area contributed by atoms with Gasteiger partial charge in [-0.1, -0.05) is 127 Å². The summed E-state index contributed by atoms with van der Waals surface area (Å²) in [6, 6.07) is 53.9. The highest BCUT2D eigenvalue weighted by Crippen LogP contribution is 2.33. The summed E-state index contributed by atoms with van der Waals surface area (Å²) in [5.41, 5.74) is 23.2. The monoisotopic (exact) mass is 583 g/mol. The number of rotatable bonds is 8. The first-order valence-corrected chi connectivity index (χ1v) is 15.6. The molecule has 0 saturated heterocycles. The Labute approximate surface area is 265 Å². The summed E-state index contributed by atoms with van der Waals surface area (Å²) in [5, 5.41) is 8.85. The second-order valence-corrected chi connectivity index (χ2v) is 11.8. The average molecular weight is 584 g/mol. The predicted octanol–water partition coefficient (Wildman–Crippen LogP) is 9.43. The van der Waals surface area contributed by atoms with E-state index in [1.54, 1.807) is 0 Å². The average Bonchev–Trinajstić information content (AvgIpc) is 3.10. The van der Waals surface area contributed by atoms with E-state index in [0.717, 1.165) is 22.3 Å². The number of nitrogens with one attached hydrogen (secondary N) is 1. The maximum atomic E-state index is 6.95. The fourth-order valence-corrected chi connectivity index (χ4v) is 6.43. The molecule has 0 amide bonds. The van der Waals surface area contributed by atoms with Crippen LogP contribution in [0.5, 0.6) is 0 Å². The zero-order valence-electron chi connectivity index (χ0n) is 25.5. The van der Waals surface area contributed by atoms with Crippen molar-refractivity contribution >= 4 is 21.5 Å². The second-order valence-electron chi connectivity index (χ2n) is 11.8. The summed E-state index contributed by atoms with van der Waals surface area (Å²) in [6.07, 6.45) is -0.384. The molecule has 0 aliphatic carbocycles. The van der Waals surface area contributed by atoms with E-state index in [4.69, 9.17) is 11.5 Å². The Morgan fingerprint density at radius 2 is 1.16 bits per heavy atom. The molecule has 0 aromatic heterocycles. The van der Waals surface area contributed by atoms with E-state index in [1.165, 1.54) is 49.4 Å². The summed E-state index contributed by atoms with van der Waals surface area (Å²) in [6.45, 7) is 2.68. The molecule has 0 aliphatic heterocycles. The van der Waals surface area contributed by atoms with E-state index >= 15 is 0 Å². The molecule has 3 nitrogen and oxygen atoms in total. The smallest absolute Gasteiger partial charge is 0.0817 e. The van der Waals surface area contributed by atoms with Crippen LogP contribution in [-0.2, 0) is 6.54 Å². The van der Waals surface area contributed by atoms with E-state index < -0.39 is 0 Å². The molecule has 7 aromatic carbocycles. The Bertz CT molecular complexity index is 2130. The summed E-state index contributed by atoms with van der Waals surface area (Å²) in [5.74, 6) is 0. The van der Waals surface area contributed by atoms with E-state index in [1.807, 2.05) is 0 Å². The minimum Gasteiger partial charge on any atom is -0.326 e. The maximum Gasteiger partial charge on any atom is 0.0817 e. The molecular weight excluding hydrogens is 546 g/mol. The van der Waals surface area contributed by atoms with E-state index in [-0.39, 0.29) is 12.2 Å². The van der Waals surface area contributed by atoms with Crippen molar-refractivity contribution in [1.29, 1.82) is 0 Å². The van der Waals surface area contributed by atoms with E-state index in [2.05, 4.69) is 164 Å². The maximum absolute atomic E-state index is 6.95. The van der Waals surface area contributed by atoms with Gasteiger partial charge in [0.1, 0.15) is 0 Å². The van der Waals surface area contributed by atoms with Crippen molar-refractivity contribution in [3.8, 4) is 22.3 Å². The third-order valence-corrected chi connectivity index (χ3v) is 8.89. The third-order valence-electron chi connectivity index (χ3n) is 8.89. The fraction of sp³-hybridized carbons (Fsp3) is 0.0952. The van der Waals surface area contributed by atoms with Gasteiger partial charge in [0.05, 0.1) is 12.2 Å². The Morgan fingerprint density at radius 1 is 0.533 bits per heavy atom. The number of nitrogens with two attached hydrogens (primary N) is 2. The van der Waals surface area contributed by atoms with Crippen molar-refractivity contribution in [3.05, 3.63) is 179 Å². The van der Waals surface area contributed by atoms with Crippen LogP contribution in [0.2, 0.25) is 0 Å². The Hall–Kier alpha value is -5.06. The molecule has 2 unspecified atom stereocenters. The standard InChI is InChI=1S/C42H37N3/c1-28-9-2-4-17-38(28)41(45-42(44)37-16-8-14-33(26-37)31-12-6-10-29(23-31)27-43)36-15-7-13-32(25-36)34-21-22-40-35(24-34)20-19-30-11-3-5-18-39(30)40/h2-26,41-42,45H,27,43-44H2,1H3. The quantitative estimate of drug-likeness (QED) is 0.123. The van der Waals surface area contributed by atoms with Gasteiger partial charge in [0.2, 0.25) is 0 Å². The number of hydrogen-bond donors (Lipinski definition) is 3. The van der Waals surface area contributed by atoms with Crippen LogP contribution >= 0.6 is 0 Å². The summed E-state index contributed by atoms with van der Waals surface area (Å²) in [4.78, 5) is 0. The van der Waals surface area contributed by atoms with Crippen LogP contribution < -0.4 is 16.8 Å². The molecule has 220 valence electrons. The molecule has 2 atom stereocenters. The molecule has 7 rings (SSSR count). The van der Waals surface area contributed by atoms with Gasteiger partial charge in [0.15, 0.2) is 0 Å². The zero-order valence-corrected chi connectivity index (χ0v) is 25.5. The van der Waals surface area contributed by atoms with Crippen molar-refractivity contribution < 1.29 is 0 Å². The molecule has 0 heterocycles. The van der Waals surface area contributed by atoms with Gasteiger partial charge in [0.25, 0.3) is 0 Å². The van der Waals surface area contributed by atoms with Crippen molar-refractivity contribution in [2.75, 3.05) is 0 Å². The number of aryl methyl sites for hydroxylation is 1. The second kappa shape index (κ2) is 12.5. The van der Waals surface area contributed by atoms with Crippen LogP contribution in [0.3, 0.4) is 0 Å². The molecule has 0 radical (unpaired) electrons. The number of benzene rings is 7. The summed E-state index contributed by atoms with van der Waals surface area (Å²) < 4.78 is 0. The molecule has 0 bridgehead atoms. The summed E-state index contributed by atoms with van der Waals surface area (Å²) in [7, 11) is 0. The van der Waals surface area contributed by atoms with Crippen LogP contribution in [0.25, 0.3) is 43.8 Å². The molecule has 45 heavy (non-hydrogen) atoms. The van der Waals surface area contributed by atoms with Gasteiger partial charge < -0.3 is 11.5 Å². The normalized spacial score (nSPS) is 12.8. The first-order valence-electron chi connectivity index (χ1n) is 15.6. The predicted molar refractivity (Wildman–Crippen MR) is 190 cm³/mol. The van der Waals surface area contributed by atoms with Crippen molar-refractivity contribution in [1.82, 2.24) is 5.32 Å². The van der Waals surface area contributed by atoms with Crippen molar-refractivity contribution in [3.63, 3.8) is 0 Å². The molecule has 7 aromatic rings. The van der Waals surface area contributed by atoms with E-state index in [0.29, 0.717) is 6.54 Å². The van der Waals surface area contributed by atoms with Crippen LogP contribution in [0.1, 0.15) is 40.0 Å². The van der Waals surface area contributed by atoms with Gasteiger partial charge in [-0.3, -0.25) is 5.32 Å². The number of fused-ring (bicyclic) bond motifs is 3.